The van der Waals surface area contributed by atoms with Gasteiger partial charge in [0, 0.05) is 0 Å². The van der Waals surface area contributed by atoms with Crippen LogP contribution in [0.1, 0.15) is 39.0 Å². The van der Waals surface area contributed by atoms with Gasteiger partial charge in [-0.25, -0.2) is 0 Å². The summed E-state index contributed by atoms with van der Waals surface area (Å²) in [5.41, 5.74) is 5.25. The third kappa shape index (κ3) is 2.66. The lowest BCUT2D eigenvalue weighted by Crippen LogP contribution is -2.43. The van der Waals surface area contributed by atoms with Crippen molar-refractivity contribution in [3.8, 4) is 6.07 Å². The molecule has 0 radical (unpaired) electrons. The zero-order valence-electron chi connectivity index (χ0n) is 7.55. The Hall–Kier alpha value is -0.260. The fraction of sp³-hybridized carbons (Fsp3) is 0.889. The highest BCUT2D eigenvalue weighted by molar-refractivity contribution is 5.85. The first-order valence-electron chi connectivity index (χ1n) is 4.37. The quantitative estimate of drug-likeness (QED) is 0.686. The maximum absolute atomic E-state index is 8.77. The molecule has 0 bridgehead atoms. The van der Waals surface area contributed by atoms with Crippen molar-refractivity contribution in [2.24, 2.45) is 11.7 Å². The van der Waals surface area contributed by atoms with Gasteiger partial charge in [0.2, 0.25) is 0 Å². The van der Waals surface area contributed by atoms with Crippen LogP contribution in [0.3, 0.4) is 0 Å². The fourth-order valence-electron chi connectivity index (χ4n) is 1.79. The fourth-order valence-corrected chi connectivity index (χ4v) is 1.79. The molecule has 2 nitrogen and oxygen atoms in total. The van der Waals surface area contributed by atoms with E-state index in [1.165, 1.54) is 19.3 Å². The minimum Gasteiger partial charge on any atom is -0.313 e. The maximum atomic E-state index is 8.77. The highest BCUT2D eigenvalue weighted by Gasteiger charge is 2.30. The van der Waals surface area contributed by atoms with Gasteiger partial charge in [0.1, 0.15) is 5.54 Å². The molecule has 1 unspecified atom stereocenters. The van der Waals surface area contributed by atoms with E-state index in [4.69, 9.17) is 11.0 Å². The first-order chi connectivity index (χ1) is 5.17. The van der Waals surface area contributed by atoms with Gasteiger partial charge in [0.25, 0.3) is 0 Å². The van der Waals surface area contributed by atoms with E-state index in [-0.39, 0.29) is 12.4 Å². The summed E-state index contributed by atoms with van der Waals surface area (Å²) in [5.74, 6) is 0.432. The molecule has 0 aromatic rings. The SMILES string of the molecule is CC(N)(C#N)C1CCCCC1.Cl. The van der Waals surface area contributed by atoms with Gasteiger partial charge < -0.3 is 5.73 Å². The molecule has 2 N–H and O–H groups in total. The van der Waals surface area contributed by atoms with E-state index >= 15 is 0 Å². The topological polar surface area (TPSA) is 49.8 Å². The lowest BCUT2D eigenvalue weighted by Gasteiger charge is -2.30. The van der Waals surface area contributed by atoms with Crippen LogP contribution in [-0.4, -0.2) is 5.54 Å². The second-order valence-corrected chi connectivity index (χ2v) is 3.73. The van der Waals surface area contributed by atoms with Crippen LogP contribution < -0.4 is 5.73 Å². The van der Waals surface area contributed by atoms with Gasteiger partial charge in [-0.15, -0.1) is 12.4 Å². The van der Waals surface area contributed by atoms with Gasteiger partial charge in [-0.3, -0.25) is 0 Å². The van der Waals surface area contributed by atoms with Crippen LogP contribution in [-0.2, 0) is 0 Å². The molecule has 0 aromatic heterocycles. The average Bonchev–Trinajstić information content (AvgIpc) is 2.06. The Kier molecular flexibility index (Phi) is 4.59. The van der Waals surface area contributed by atoms with E-state index in [0.29, 0.717) is 5.92 Å². The predicted octanol–water partition coefficient (Wildman–Crippen LogP) is 2.23. The molecule has 1 aliphatic carbocycles. The first-order valence-corrected chi connectivity index (χ1v) is 4.37. The highest BCUT2D eigenvalue weighted by Crippen LogP contribution is 2.30. The summed E-state index contributed by atoms with van der Waals surface area (Å²) in [6.07, 6.45) is 6.09. The minimum atomic E-state index is -0.583. The van der Waals surface area contributed by atoms with E-state index in [1.807, 2.05) is 6.92 Å². The molecule has 0 saturated heterocycles. The van der Waals surface area contributed by atoms with Crippen molar-refractivity contribution in [2.45, 2.75) is 44.6 Å². The number of hydrogen-bond acceptors (Lipinski definition) is 2. The Balaban J connectivity index is 0.00000121. The molecule has 12 heavy (non-hydrogen) atoms. The van der Waals surface area contributed by atoms with Crippen molar-refractivity contribution in [1.82, 2.24) is 0 Å². The molecule has 70 valence electrons. The monoisotopic (exact) mass is 188 g/mol. The summed E-state index contributed by atoms with van der Waals surface area (Å²) in [7, 11) is 0. The predicted molar refractivity (Wildman–Crippen MR) is 52.0 cm³/mol. The molecule has 1 atom stereocenters. The number of nitriles is 1. The molecule has 0 spiro atoms. The molecule has 0 aliphatic heterocycles. The summed E-state index contributed by atoms with van der Waals surface area (Å²) < 4.78 is 0. The highest BCUT2D eigenvalue weighted by atomic mass is 35.5. The molecule has 1 rings (SSSR count). The van der Waals surface area contributed by atoms with E-state index in [1.54, 1.807) is 0 Å². The van der Waals surface area contributed by atoms with Crippen LogP contribution in [0, 0.1) is 17.2 Å². The number of halogens is 1. The van der Waals surface area contributed by atoms with Crippen LogP contribution in [0.2, 0.25) is 0 Å². The van der Waals surface area contributed by atoms with Crippen LogP contribution >= 0.6 is 12.4 Å². The van der Waals surface area contributed by atoms with Gasteiger partial charge in [-0.1, -0.05) is 19.3 Å². The van der Waals surface area contributed by atoms with Crippen molar-refractivity contribution in [3.05, 3.63) is 0 Å². The van der Waals surface area contributed by atoms with Crippen molar-refractivity contribution >= 4 is 12.4 Å². The zero-order valence-corrected chi connectivity index (χ0v) is 8.36. The average molecular weight is 189 g/mol. The van der Waals surface area contributed by atoms with Crippen LogP contribution in [0.4, 0.5) is 0 Å². The maximum Gasteiger partial charge on any atom is 0.104 e. The lowest BCUT2D eigenvalue weighted by molar-refractivity contribution is 0.270. The van der Waals surface area contributed by atoms with Crippen molar-refractivity contribution in [3.63, 3.8) is 0 Å². The summed E-state index contributed by atoms with van der Waals surface area (Å²) in [6.45, 7) is 1.85. The molecular weight excluding hydrogens is 172 g/mol. The number of rotatable bonds is 1. The number of nitrogens with zero attached hydrogens (tertiary/aromatic N) is 1. The molecular formula is C9H17ClN2. The Morgan fingerprint density at radius 2 is 1.83 bits per heavy atom. The van der Waals surface area contributed by atoms with Gasteiger partial charge in [-0.05, 0) is 25.7 Å². The van der Waals surface area contributed by atoms with Gasteiger partial charge in [0.05, 0.1) is 6.07 Å². The van der Waals surface area contributed by atoms with Crippen LogP contribution in [0.25, 0.3) is 0 Å². The molecule has 1 aliphatic rings. The summed E-state index contributed by atoms with van der Waals surface area (Å²) in [6, 6.07) is 2.19. The van der Waals surface area contributed by atoms with E-state index in [2.05, 4.69) is 6.07 Å². The summed E-state index contributed by atoms with van der Waals surface area (Å²) >= 11 is 0. The normalized spacial score (nSPS) is 23.4. The summed E-state index contributed by atoms with van der Waals surface area (Å²) in [4.78, 5) is 0. The van der Waals surface area contributed by atoms with Crippen molar-refractivity contribution in [2.75, 3.05) is 0 Å². The van der Waals surface area contributed by atoms with Crippen LogP contribution in [0.5, 0.6) is 0 Å². The van der Waals surface area contributed by atoms with Gasteiger partial charge in [-0.2, -0.15) is 5.26 Å². The number of nitrogens with two attached hydrogens (primary N) is 1. The molecule has 3 heteroatoms. The second-order valence-electron chi connectivity index (χ2n) is 3.73. The van der Waals surface area contributed by atoms with Crippen LogP contribution in [0.15, 0.2) is 0 Å². The van der Waals surface area contributed by atoms with E-state index in [9.17, 15) is 0 Å². The van der Waals surface area contributed by atoms with E-state index in [0.717, 1.165) is 12.8 Å². The largest absolute Gasteiger partial charge is 0.313 e. The molecule has 0 heterocycles. The minimum absolute atomic E-state index is 0. The smallest absolute Gasteiger partial charge is 0.104 e. The Morgan fingerprint density at radius 1 is 1.33 bits per heavy atom. The third-order valence-electron chi connectivity index (χ3n) is 2.69. The van der Waals surface area contributed by atoms with Crippen molar-refractivity contribution < 1.29 is 0 Å². The Morgan fingerprint density at radius 3 is 2.25 bits per heavy atom. The zero-order chi connectivity index (χ0) is 8.32. The molecule has 0 amide bonds. The number of hydrogen-bond donors (Lipinski definition) is 1. The standard InChI is InChI=1S/C9H16N2.ClH/c1-9(11,7-10)8-5-3-2-4-6-8;/h8H,2-6,11H2,1H3;1H. The second kappa shape index (κ2) is 4.69. The van der Waals surface area contributed by atoms with E-state index < -0.39 is 5.54 Å². The summed E-state index contributed by atoms with van der Waals surface area (Å²) in [5, 5.41) is 8.77. The third-order valence-corrected chi connectivity index (χ3v) is 2.69. The first kappa shape index (κ1) is 11.7. The molecule has 1 saturated carbocycles. The molecule has 1 fully saturated rings. The van der Waals surface area contributed by atoms with Gasteiger partial charge in [0.15, 0.2) is 0 Å². The lowest BCUT2D eigenvalue weighted by atomic mass is 9.77. The van der Waals surface area contributed by atoms with Gasteiger partial charge >= 0.3 is 0 Å². The Labute approximate surface area is 80.5 Å². The molecule has 0 aromatic carbocycles. The Bertz CT molecular complexity index is 166. The van der Waals surface area contributed by atoms with Crippen molar-refractivity contribution in [1.29, 1.82) is 5.26 Å².